The first kappa shape index (κ1) is 10.5. The molecule has 0 saturated carbocycles. The monoisotopic (exact) mass is 189 g/mol. The van der Waals surface area contributed by atoms with Gasteiger partial charge in [0.2, 0.25) is 0 Å². The van der Waals surface area contributed by atoms with Crippen LogP contribution in [0.15, 0.2) is 36.5 Å². The minimum absolute atomic E-state index is 0.186. The predicted molar refractivity (Wildman–Crippen MR) is 59.3 cm³/mol. The summed E-state index contributed by atoms with van der Waals surface area (Å²) in [6.45, 7) is 7.26. The lowest BCUT2D eigenvalue weighted by molar-refractivity contribution is -0.116. The van der Waals surface area contributed by atoms with E-state index in [-0.39, 0.29) is 5.78 Å². The molecular weight excluding hydrogens is 174 g/mol. The lowest BCUT2D eigenvalue weighted by Crippen LogP contribution is -1.97. The number of hydrogen-bond donors (Lipinski definition) is 1. The Kier molecular flexibility index (Phi) is 3.46. The second-order valence-electron chi connectivity index (χ2n) is 3.48. The van der Waals surface area contributed by atoms with Crippen molar-refractivity contribution >= 4 is 11.5 Å². The van der Waals surface area contributed by atoms with Crippen LogP contribution < -0.4 is 5.32 Å². The van der Waals surface area contributed by atoms with Gasteiger partial charge in [-0.05, 0) is 31.5 Å². The maximum Gasteiger partial charge on any atom is 0.134 e. The number of ketones is 1. The molecule has 1 N–H and O–H groups in total. The summed E-state index contributed by atoms with van der Waals surface area (Å²) in [5.74, 6) is 0.186. The van der Waals surface area contributed by atoms with Gasteiger partial charge >= 0.3 is 0 Å². The van der Waals surface area contributed by atoms with Crippen LogP contribution in [-0.2, 0) is 11.2 Å². The number of benzene rings is 1. The fourth-order valence-electron chi connectivity index (χ4n) is 1.24. The van der Waals surface area contributed by atoms with E-state index in [0.717, 1.165) is 16.9 Å². The largest absolute Gasteiger partial charge is 0.360 e. The molecule has 0 atom stereocenters. The SMILES string of the molecule is C=C(C)Nc1ccc(CC(C)=O)cc1. The highest BCUT2D eigenvalue weighted by atomic mass is 16.1. The summed E-state index contributed by atoms with van der Waals surface area (Å²) in [5.41, 5.74) is 2.96. The van der Waals surface area contributed by atoms with Gasteiger partial charge in [-0.15, -0.1) is 0 Å². The zero-order chi connectivity index (χ0) is 10.6. The van der Waals surface area contributed by atoms with Gasteiger partial charge < -0.3 is 5.32 Å². The van der Waals surface area contributed by atoms with Gasteiger partial charge in [0.1, 0.15) is 5.78 Å². The van der Waals surface area contributed by atoms with Crippen molar-refractivity contribution in [2.45, 2.75) is 20.3 Å². The molecule has 2 heteroatoms. The summed E-state index contributed by atoms with van der Waals surface area (Å²) in [4.78, 5) is 10.8. The van der Waals surface area contributed by atoms with Gasteiger partial charge in [-0.25, -0.2) is 0 Å². The van der Waals surface area contributed by atoms with E-state index in [0.29, 0.717) is 6.42 Å². The zero-order valence-corrected chi connectivity index (χ0v) is 8.63. The van der Waals surface area contributed by atoms with E-state index in [1.54, 1.807) is 6.92 Å². The molecule has 0 amide bonds. The van der Waals surface area contributed by atoms with E-state index >= 15 is 0 Å². The van der Waals surface area contributed by atoms with Crippen molar-refractivity contribution < 1.29 is 4.79 Å². The molecule has 2 nitrogen and oxygen atoms in total. The number of nitrogens with one attached hydrogen (secondary N) is 1. The molecule has 1 rings (SSSR count). The minimum Gasteiger partial charge on any atom is -0.360 e. The van der Waals surface area contributed by atoms with Gasteiger partial charge in [-0.3, -0.25) is 4.79 Å². The Morgan fingerprint density at radius 2 is 1.86 bits per heavy atom. The number of Topliss-reactive ketones (excluding diaryl/α,β-unsaturated/α-hetero) is 1. The minimum atomic E-state index is 0.186. The van der Waals surface area contributed by atoms with Gasteiger partial charge in [0, 0.05) is 17.8 Å². The molecule has 0 radical (unpaired) electrons. The predicted octanol–water partition coefficient (Wildman–Crippen LogP) is 2.76. The van der Waals surface area contributed by atoms with Crippen molar-refractivity contribution in [3.63, 3.8) is 0 Å². The van der Waals surface area contributed by atoms with E-state index in [4.69, 9.17) is 0 Å². The van der Waals surface area contributed by atoms with Crippen LogP contribution >= 0.6 is 0 Å². The average Bonchev–Trinajstić information content (AvgIpc) is 2.06. The maximum absolute atomic E-state index is 10.8. The number of allylic oxidation sites excluding steroid dienone is 1. The van der Waals surface area contributed by atoms with Gasteiger partial charge in [0.05, 0.1) is 0 Å². The lowest BCUT2D eigenvalue weighted by Gasteiger charge is -2.05. The summed E-state index contributed by atoms with van der Waals surface area (Å²) in [6, 6.07) is 7.80. The third-order valence-corrected chi connectivity index (χ3v) is 1.76. The standard InChI is InChI=1S/C12H15NO/c1-9(2)13-12-6-4-11(5-7-12)8-10(3)14/h4-7,13H,1,8H2,2-3H3. The van der Waals surface area contributed by atoms with E-state index < -0.39 is 0 Å². The highest BCUT2D eigenvalue weighted by Crippen LogP contribution is 2.11. The average molecular weight is 189 g/mol. The molecule has 0 bridgehead atoms. The van der Waals surface area contributed by atoms with Gasteiger partial charge in [-0.1, -0.05) is 18.7 Å². The summed E-state index contributed by atoms with van der Waals surface area (Å²) >= 11 is 0. The molecule has 0 aromatic heterocycles. The van der Waals surface area contributed by atoms with Crippen molar-refractivity contribution in [1.29, 1.82) is 0 Å². The Bertz CT molecular complexity index is 303. The molecule has 0 saturated heterocycles. The van der Waals surface area contributed by atoms with Gasteiger partial charge in [0.25, 0.3) is 0 Å². The maximum atomic E-state index is 10.8. The Labute approximate surface area is 84.6 Å². The van der Waals surface area contributed by atoms with Crippen LogP contribution in [-0.4, -0.2) is 5.78 Å². The molecule has 0 aliphatic carbocycles. The molecule has 14 heavy (non-hydrogen) atoms. The lowest BCUT2D eigenvalue weighted by atomic mass is 10.1. The fourth-order valence-corrected chi connectivity index (χ4v) is 1.24. The normalized spacial score (nSPS) is 9.57. The molecular formula is C12H15NO. The Morgan fingerprint density at radius 3 is 2.29 bits per heavy atom. The second kappa shape index (κ2) is 4.61. The number of rotatable bonds is 4. The summed E-state index contributed by atoms with van der Waals surface area (Å²) in [6.07, 6.45) is 0.507. The van der Waals surface area contributed by atoms with Crippen molar-refractivity contribution in [2.75, 3.05) is 5.32 Å². The number of carbonyl (C=O) groups excluding carboxylic acids is 1. The van der Waals surface area contributed by atoms with E-state index in [1.807, 2.05) is 31.2 Å². The molecule has 1 aromatic rings. The first-order chi connectivity index (χ1) is 6.58. The Morgan fingerprint density at radius 1 is 1.29 bits per heavy atom. The zero-order valence-electron chi connectivity index (χ0n) is 8.63. The van der Waals surface area contributed by atoms with Crippen LogP contribution in [0.4, 0.5) is 5.69 Å². The molecule has 0 fully saturated rings. The van der Waals surface area contributed by atoms with Crippen molar-refractivity contribution in [3.05, 3.63) is 42.1 Å². The topological polar surface area (TPSA) is 29.1 Å². The summed E-state index contributed by atoms with van der Waals surface area (Å²) < 4.78 is 0. The molecule has 0 aliphatic rings. The molecule has 1 aromatic carbocycles. The van der Waals surface area contributed by atoms with Crippen LogP contribution in [0.1, 0.15) is 19.4 Å². The summed E-state index contributed by atoms with van der Waals surface area (Å²) in [5, 5.41) is 3.11. The van der Waals surface area contributed by atoms with Crippen molar-refractivity contribution in [2.24, 2.45) is 0 Å². The van der Waals surface area contributed by atoms with Crippen LogP contribution in [0.3, 0.4) is 0 Å². The summed E-state index contributed by atoms with van der Waals surface area (Å²) in [7, 11) is 0. The van der Waals surface area contributed by atoms with Gasteiger partial charge in [-0.2, -0.15) is 0 Å². The molecule has 0 heterocycles. The number of carbonyl (C=O) groups is 1. The smallest absolute Gasteiger partial charge is 0.134 e. The van der Waals surface area contributed by atoms with Gasteiger partial charge in [0.15, 0.2) is 0 Å². The highest BCUT2D eigenvalue weighted by molar-refractivity contribution is 5.78. The van der Waals surface area contributed by atoms with Crippen LogP contribution in [0.2, 0.25) is 0 Å². The number of anilines is 1. The van der Waals surface area contributed by atoms with Crippen LogP contribution in [0.25, 0.3) is 0 Å². The second-order valence-corrected chi connectivity index (χ2v) is 3.48. The Balaban J connectivity index is 2.68. The first-order valence-electron chi connectivity index (χ1n) is 4.59. The first-order valence-corrected chi connectivity index (χ1v) is 4.59. The third-order valence-electron chi connectivity index (χ3n) is 1.76. The molecule has 0 spiro atoms. The van der Waals surface area contributed by atoms with Crippen molar-refractivity contribution in [3.8, 4) is 0 Å². The molecule has 0 aliphatic heterocycles. The Hall–Kier alpha value is -1.57. The fraction of sp³-hybridized carbons (Fsp3) is 0.250. The number of hydrogen-bond acceptors (Lipinski definition) is 2. The third kappa shape index (κ3) is 3.44. The highest BCUT2D eigenvalue weighted by Gasteiger charge is 1.97. The van der Waals surface area contributed by atoms with E-state index in [1.165, 1.54) is 0 Å². The van der Waals surface area contributed by atoms with Crippen LogP contribution in [0, 0.1) is 0 Å². The van der Waals surface area contributed by atoms with Crippen LogP contribution in [0.5, 0.6) is 0 Å². The van der Waals surface area contributed by atoms with Crippen molar-refractivity contribution in [1.82, 2.24) is 0 Å². The van der Waals surface area contributed by atoms with E-state index in [2.05, 4.69) is 11.9 Å². The molecule has 0 unspecified atom stereocenters. The molecule has 74 valence electrons. The van der Waals surface area contributed by atoms with E-state index in [9.17, 15) is 4.79 Å². The quantitative estimate of drug-likeness (QED) is 0.789.